The Balaban J connectivity index is 2.05. The molecule has 0 spiro atoms. The number of esters is 2. The standard InChI is InChI=1S/C21H25NO6/c1-6-27-21(25)18-11-13(2)22(14(18)3)12-19(23)28-15(4)20(24)16-7-9-17(26-5)10-8-16/h7-11,15H,6,12H2,1-5H3/t15-/m1/s1. The van der Waals surface area contributed by atoms with Crippen LogP contribution in [0.3, 0.4) is 0 Å². The number of rotatable bonds is 8. The average molecular weight is 387 g/mol. The van der Waals surface area contributed by atoms with E-state index in [1.165, 1.54) is 6.92 Å². The van der Waals surface area contributed by atoms with Crippen LogP contribution < -0.4 is 4.74 Å². The number of hydrogen-bond donors (Lipinski definition) is 0. The summed E-state index contributed by atoms with van der Waals surface area (Å²) < 4.78 is 17.0. The summed E-state index contributed by atoms with van der Waals surface area (Å²) in [5, 5.41) is 0. The fourth-order valence-electron chi connectivity index (χ4n) is 2.87. The Bertz CT molecular complexity index is 866. The number of ether oxygens (including phenoxy) is 3. The van der Waals surface area contributed by atoms with Gasteiger partial charge in [-0.15, -0.1) is 0 Å². The predicted molar refractivity (Wildman–Crippen MR) is 103 cm³/mol. The maximum Gasteiger partial charge on any atom is 0.339 e. The van der Waals surface area contributed by atoms with E-state index in [1.807, 2.05) is 0 Å². The van der Waals surface area contributed by atoms with Crippen molar-refractivity contribution in [3.05, 3.63) is 52.8 Å². The van der Waals surface area contributed by atoms with E-state index in [9.17, 15) is 14.4 Å². The van der Waals surface area contributed by atoms with Crippen molar-refractivity contribution in [3.63, 3.8) is 0 Å². The Labute approximate surface area is 164 Å². The summed E-state index contributed by atoms with van der Waals surface area (Å²) in [7, 11) is 1.54. The molecule has 0 fully saturated rings. The van der Waals surface area contributed by atoms with Gasteiger partial charge in [-0.1, -0.05) is 0 Å². The Morgan fingerprint density at radius 3 is 2.32 bits per heavy atom. The highest BCUT2D eigenvalue weighted by atomic mass is 16.5. The molecule has 150 valence electrons. The molecule has 2 rings (SSSR count). The highest BCUT2D eigenvalue weighted by Gasteiger charge is 2.22. The number of carbonyl (C=O) groups excluding carboxylic acids is 3. The molecular formula is C21H25NO6. The molecule has 0 unspecified atom stereocenters. The van der Waals surface area contributed by atoms with Gasteiger partial charge in [0.1, 0.15) is 12.3 Å². The Morgan fingerprint density at radius 1 is 1.11 bits per heavy atom. The van der Waals surface area contributed by atoms with Gasteiger partial charge in [0.15, 0.2) is 6.10 Å². The topological polar surface area (TPSA) is 83.8 Å². The molecule has 0 N–H and O–H groups in total. The second-order valence-corrected chi connectivity index (χ2v) is 6.32. The van der Waals surface area contributed by atoms with Gasteiger partial charge < -0.3 is 18.8 Å². The Hall–Kier alpha value is -3.09. The van der Waals surface area contributed by atoms with Crippen molar-refractivity contribution in [3.8, 4) is 5.75 Å². The van der Waals surface area contributed by atoms with Gasteiger partial charge in [0.05, 0.1) is 19.3 Å². The molecule has 0 saturated carbocycles. The van der Waals surface area contributed by atoms with Crippen LogP contribution in [-0.4, -0.2) is 42.1 Å². The number of methoxy groups -OCH3 is 1. The van der Waals surface area contributed by atoms with Gasteiger partial charge in [0, 0.05) is 17.0 Å². The van der Waals surface area contributed by atoms with E-state index in [4.69, 9.17) is 14.2 Å². The summed E-state index contributed by atoms with van der Waals surface area (Å²) in [5.41, 5.74) is 2.18. The summed E-state index contributed by atoms with van der Waals surface area (Å²) >= 11 is 0. The summed E-state index contributed by atoms with van der Waals surface area (Å²) in [5.74, 6) is -0.661. The highest BCUT2D eigenvalue weighted by Crippen LogP contribution is 2.17. The van der Waals surface area contributed by atoms with Gasteiger partial charge in [-0.3, -0.25) is 9.59 Å². The van der Waals surface area contributed by atoms with Crippen LogP contribution in [0, 0.1) is 13.8 Å². The van der Waals surface area contributed by atoms with Gasteiger partial charge in [-0.05, 0) is 58.0 Å². The predicted octanol–water partition coefficient (Wildman–Crippen LogP) is 3.10. The molecule has 28 heavy (non-hydrogen) atoms. The minimum atomic E-state index is -0.929. The quantitative estimate of drug-likeness (QED) is 0.511. The number of aryl methyl sites for hydroxylation is 1. The molecule has 1 atom stereocenters. The molecule has 2 aromatic rings. The number of ketones is 1. The van der Waals surface area contributed by atoms with Crippen molar-refractivity contribution < 1.29 is 28.6 Å². The van der Waals surface area contributed by atoms with E-state index in [2.05, 4.69) is 0 Å². The SMILES string of the molecule is CCOC(=O)c1cc(C)n(CC(=O)O[C@H](C)C(=O)c2ccc(OC)cc2)c1C. The van der Waals surface area contributed by atoms with Gasteiger partial charge in [-0.2, -0.15) is 0 Å². The molecule has 7 nitrogen and oxygen atoms in total. The van der Waals surface area contributed by atoms with Crippen LogP contribution in [-0.2, 0) is 20.8 Å². The molecule has 0 bridgehead atoms. The normalized spacial score (nSPS) is 11.6. The van der Waals surface area contributed by atoms with Crippen molar-refractivity contribution in [2.24, 2.45) is 0 Å². The zero-order valence-electron chi connectivity index (χ0n) is 16.8. The zero-order valence-corrected chi connectivity index (χ0v) is 16.8. The molecule has 7 heteroatoms. The molecule has 0 radical (unpaired) electrons. The first-order valence-corrected chi connectivity index (χ1v) is 9.00. The minimum absolute atomic E-state index is 0.0999. The average Bonchev–Trinajstić information content (AvgIpc) is 2.95. The van der Waals surface area contributed by atoms with Crippen LogP contribution in [0.15, 0.2) is 30.3 Å². The molecule has 0 saturated heterocycles. The van der Waals surface area contributed by atoms with Crippen molar-refractivity contribution in [2.75, 3.05) is 13.7 Å². The zero-order chi connectivity index (χ0) is 20.8. The molecule has 0 aliphatic rings. The number of carbonyl (C=O) groups is 3. The summed E-state index contributed by atoms with van der Waals surface area (Å²) in [6.07, 6.45) is -0.929. The third-order valence-corrected chi connectivity index (χ3v) is 4.41. The van der Waals surface area contributed by atoms with E-state index in [-0.39, 0.29) is 18.9 Å². The van der Waals surface area contributed by atoms with Crippen LogP contribution in [0.2, 0.25) is 0 Å². The van der Waals surface area contributed by atoms with Crippen LogP contribution in [0.4, 0.5) is 0 Å². The van der Waals surface area contributed by atoms with Crippen LogP contribution in [0.25, 0.3) is 0 Å². The van der Waals surface area contributed by atoms with Crippen LogP contribution in [0.1, 0.15) is 46.0 Å². The van der Waals surface area contributed by atoms with Crippen molar-refractivity contribution in [2.45, 2.75) is 40.3 Å². The number of nitrogens with zero attached hydrogens (tertiary/aromatic N) is 1. The first-order valence-electron chi connectivity index (χ1n) is 9.00. The second-order valence-electron chi connectivity index (χ2n) is 6.32. The third kappa shape index (κ3) is 4.79. The van der Waals surface area contributed by atoms with E-state index in [1.54, 1.807) is 62.8 Å². The summed E-state index contributed by atoms with van der Waals surface area (Å²) in [4.78, 5) is 36.8. The Morgan fingerprint density at radius 2 is 1.75 bits per heavy atom. The van der Waals surface area contributed by atoms with Crippen molar-refractivity contribution >= 4 is 17.7 Å². The minimum Gasteiger partial charge on any atom is -0.497 e. The lowest BCUT2D eigenvalue weighted by molar-refractivity contribution is -0.147. The van der Waals surface area contributed by atoms with Crippen LogP contribution in [0.5, 0.6) is 5.75 Å². The van der Waals surface area contributed by atoms with Crippen molar-refractivity contribution in [1.82, 2.24) is 4.57 Å². The van der Waals surface area contributed by atoms with Gasteiger partial charge in [0.25, 0.3) is 0 Å². The fourth-order valence-corrected chi connectivity index (χ4v) is 2.87. The lowest BCUT2D eigenvalue weighted by Gasteiger charge is -2.14. The van der Waals surface area contributed by atoms with E-state index < -0.39 is 18.0 Å². The number of hydrogen-bond acceptors (Lipinski definition) is 6. The Kier molecular flexibility index (Phi) is 6.98. The lowest BCUT2D eigenvalue weighted by Crippen LogP contribution is -2.27. The smallest absolute Gasteiger partial charge is 0.339 e. The maximum absolute atomic E-state index is 12.4. The largest absolute Gasteiger partial charge is 0.497 e. The maximum atomic E-state index is 12.4. The summed E-state index contributed by atoms with van der Waals surface area (Å²) in [6, 6.07) is 8.26. The van der Waals surface area contributed by atoms with Gasteiger partial charge >= 0.3 is 11.9 Å². The van der Waals surface area contributed by atoms with Crippen molar-refractivity contribution in [1.29, 1.82) is 0 Å². The van der Waals surface area contributed by atoms with Gasteiger partial charge in [0.2, 0.25) is 5.78 Å². The molecular weight excluding hydrogens is 362 g/mol. The second kappa shape index (κ2) is 9.21. The lowest BCUT2D eigenvalue weighted by atomic mass is 10.1. The molecule has 0 amide bonds. The summed E-state index contributed by atoms with van der Waals surface area (Å²) in [6.45, 7) is 6.96. The number of aromatic nitrogens is 1. The molecule has 0 aliphatic carbocycles. The van der Waals surface area contributed by atoms with Gasteiger partial charge in [-0.25, -0.2) is 4.79 Å². The van der Waals surface area contributed by atoms with E-state index in [0.717, 1.165) is 5.69 Å². The first kappa shape index (κ1) is 21.2. The number of Topliss-reactive ketones (excluding diaryl/α,β-unsaturated/α-hetero) is 1. The molecule has 1 aromatic heterocycles. The fraction of sp³-hybridized carbons (Fsp3) is 0.381. The first-order chi connectivity index (χ1) is 13.3. The number of benzene rings is 1. The third-order valence-electron chi connectivity index (χ3n) is 4.41. The molecule has 1 aromatic carbocycles. The molecule has 1 heterocycles. The highest BCUT2D eigenvalue weighted by molar-refractivity contribution is 6.00. The monoisotopic (exact) mass is 387 g/mol. The van der Waals surface area contributed by atoms with E-state index >= 15 is 0 Å². The molecule has 0 aliphatic heterocycles. The van der Waals surface area contributed by atoms with Crippen LogP contribution >= 0.6 is 0 Å². The van der Waals surface area contributed by atoms with E-state index in [0.29, 0.717) is 22.6 Å².